The van der Waals surface area contributed by atoms with E-state index in [-0.39, 0.29) is 18.5 Å². The van der Waals surface area contributed by atoms with Gasteiger partial charge >= 0.3 is 0 Å². The first-order chi connectivity index (χ1) is 13.0. The topological polar surface area (TPSA) is 66.5 Å². The molecule has 28 heavy (non-hydrogen) atoms. The number of aryl methyl sites for hydroxylation is 3. The standard InChI is InChI=1S/C21H27ClN2O3S/c1-6-19(18-9-7-14(2)11-15(18)3)23-21(25)13-24(28(5,26)27)20-10-8-17(22)12-16(20)4/h7-12,19H,6,13H2,1-5H3,(H,23,25). The van der Waals surface area contributed by atoms with Crippen LogP contribution in [0.4, 0.5) is 5.69 Å². The first kappa shape index (κ1) is 22.2. The van der Waals surface area contributed by atoms with Gasteiger partial charge in [-0.05, 0) is 62.1 Å². The molecule has 1 N–H and O–H groups in total. The zero-order valence-electron chi connectivity index (χ0n) is 16.9. The van der Waals surface area contributed by atoms with Crippen LogP contribution in [0.25, 0.3) is 0 Å². The lowest BCUT2D eigenvalue weighted by atomic mass is 9.97. The smallest absolute Gasteiger partial charge is 0.241 e. The van der Waals surface area contributed by atoms with Gasteiger partial charge in [0.15, 0.2) is 0 Å². The fourth-order valence-electron chi connectivity index (χ4n) is 3.27. The Morgan fingerprint density at radius 1 is 1.11 bits per heavy atom. The predicted molar refractivity (Wildman–Crippen MR) is 115 cm³/mol. The van der Waals surface area contributed by atoms with Crippen LogP contribution < -0.4 is 9.62 Å². The van der Waals surface area contributed by atoms with E-state index in [9.17, 15) is 13.2 Å². The average molecular weight is 423 g/mol. The van der Waals surface area contributed by atoms with Crippen molar-refractivity contribution in [1.82, 2.24) is 5.32 Å². The molecule has 0 aliphatic heterocycles. The lowest BCUT2D eigenvalue weighted by Crippen LogP contribution is -2.41. The maximum atomic E-state index is 12.7. The van der Waals surface area contributed by atoms with Crippen LogP contribution in [-0.2, 0) is 14.8 Å². The number of anilines is 1. The van der Waals surface area contributed by atoms with Crippen molar-refractivity contribution in [1.29, 1.82) is 0 Å². The predicted octanol–water partition coefficient (Wildman–Crippen LogP) is 4.30. The Hall–Kier alpha value is -2.05. The number of amides is 1. The maximum Gasteiger partial charge on any atom is 0.241 e. The summed E-state index contributed by atoms with van der Waals surface area (Å²) in [6, 6.07) is 10.8. The van der Waals surface area contributed by atoms with Crippen LogP contribution >= 0.6 is 11.6 Å². The van der Waals surface area contributed by atoms with Gasteiger partial charge in [0.2, 0.25) is 15.9 Å². The van der Waals surface area contributed by atoms with Crippen molar-refractivity contribution in [3.63, 3.8) is 0 Å². The molecule has 0 spiro atoms. The minimum absolute atomic E-state index is 0.180. The van der Waals surface area contributed by atoms with Crippen molar-refractivity contribution in [3.05, 3.63) is 63.7 Å². The molecule has 5 nitrogen and oxygen atoms in total. The van der Waals surface area contributed by atoms with Crippen LogP contribution in [0.1, 0.15) is 41.6 Å². The number of rotatable bonds is 7. The summed E-state index contributed by atoms with van der Waals surface area (Å²) in [4.78, 5) is 12.7. The molecule has 2 rings (SSSR count). The van der Waals surface area contributed by atoms with Crippen LogP contribution in [0.15, 0.2) is 36.4 Å². The van der Waals surface area contributed by atoms with Crippen molar-refractivity contribution in [3.8, 4) is 0 Å². The maximum absolute atomic E-state index is 12.7. The SMILES string of the molecule is CCC(NC(=O)CN(c1ccc(Cl)cc1C)S(C)(=O)=O)c1ccc(C)cc1C. The molecule has 0 saturated heterocycles. The molecule has 2 aromatic carbocycles. The molecule has 1 unspecified atom stereocenters. The Morgan fingerprint density at radius 2 is 1.79 bits per heavy atom. The largest absolute Gasteiger partial charge is 0.348 e. The van der Waals surface area contributed by atoms with E-state index < -0.39 is 10.0 Å². The number of nitrogens with one attached hydrogen (secondary N) is 1. The van der Waals surface area contributed by atoms with Crippen LogP contribution in [0.5, 0.6) is 0 Å². The molecule has 7 heteroatoms. The summed E-state index contributed by atoms with van der Waals surface area (Å²) in [7, 11) is -3.64. The van der Waals surface area contributed by atoms with E-state index >= 15 is 0 Å². The Balaban J connectivity index is 2.26. The molecule has 1 atom stereocenters. The number of benzene rings is 2. The summed E-state index contributed by atoms with van der Waals surface area (Å²) in [5.74, 6) is -0.355. The second kappa shape index (κ2) is 8.97. The second-order valence-electron chi connectivity index (χ2n) is 7.09. The van der Waals surface area contributed by atoms with Crippen molar-refractivity contribution in [2.75, 3.05) is 17.1 Å². The van der Waals surface area contributed by atoms with Gasteiger partial charge in [-0.25, -0.2) is 8.42 Å². The van der Waals surface area contributed by atoms with Crippen molar-refractivity contribution in [2.45, 2.75) is 40.2 Å². The van der Waals surface area contributed by atoms with E-state index in [1.165, 1.54) is 0 Å². The van der Waals surface area contributed by atoms with Gasteiger partial charge in [-0.3, -0.25) is 9.10 Å². The van der Waals surface area contributed by atoms with Gasteiger partial charge in [-0.2, -0.15) is 0 Å². The lowest BCUT2D eigenvalue weighted by molar-refractivity contribution is -0.120. The summed E-state index contributed by atoms with van der Waals surface area (Å²) in [5, 5.41) is 3.49. The normalized spacial score (nSPS) is 12.5. The van der Waals surface area contributed by atoms with E-state index in [4.69, 9.17) is 11.6 Å². The molecular formula is C21H27ClN2O3S. The van der Waals surface area contributed by atoms with E-state index in [0.29, 0.717) is 22.7 Å². The van der Waals surface area contributed by atoms with Gasteiger partial charge in [0.25, 0.3) is 0 Å². The molecule has 0 fully saturated rings. The number of halogens is 1. The Morgan fingerprint density at radius 3 is 2.32 bits per heavy atom. The van der Waals surface area contributed by atoms with Gasteiger partial charge in [0.1, 0.15) is 6.54 Å². The average Bonchev–Trinajstić information content (AvgIpc) is 2.58. The fraction of sp³-hybridized carbons (Fsp3) is 0.381. The van der Waals surface area contributed by atoms with Gasteiger partial charge in [-0.1, -0.05) is 42.3 Å². The number of nitrogens with zero attached hydrogens (tertiary/aromatic N) is 1. The van der Waals surface area contributed by atoms with Crippen LogP contribution in [-0.4, -0.2) is 27.1 Å². The summed E-state index contributed by atoms with van der Waals surface area (Å²) in [5.41, 5.74) is 4.42. The van der Waals surface area contributed by atoms with E-state index in [2.05, 4.69) is 11.4 Å². The third-order valence-corrected chi connectivity index (χ3v) is 6.02. The summed E-state index contributed by atoms with van der Waals surface area (Å²) >= 11 is 5.98. The first-order valence-electron chi connectivity index (χ1n) is 9.13. The first-order valence-corrected chi connectivity index (χ1v) is 11.4. The molecule has 0 bridgehead atoms. The quantitative estimate of drug-likeness (QED) is 0.723. The third kappa shape index (κ3) is 5.49. The highest BCUT2D eigenvalue weighted by atomic mass is 35.5. The molecular weight excluding hydrogens is 396 g/mol. The van der Waals surface area contributed by atoms with Crippen LogP contribution in [0.2, 0.25) is 5.02 Å². The van der Waals surface area contributed by atoms with E-state index in [1.54, 1.807) is 25.1 Å². The van der Waals surface area contributed by atoms with Crippen molar-refractivity contribution in [2.24, 2.45) is 0 Å². The summed E-state index contributed by atoms with van der Waals surface area (Å²) < 4.78 is 25.8. The van der Waals surface area contributed by atoms with Crippen LogP contribution in [0, 0.1) is 20.8 Å². The molecule has 0 aliphatic carbocycles. The highest BCUT2D eigenvalue weighted by Gasteiger charge is 2.24. The second-order valence-corrected chi connectivity index (χ2v) is 9.43. The summed E-state index contributed by atoms with van der Waals surface area (Å²) in [6.45, 7) is 7.50. The molecule has 0 aliphatic rings. The Labute approximate surface area is 172 Å². The molecule has 1 amide bonds. The molecule has 2 aromatic rings. The monoisotopic (exact) mass is 422 g/mol. The number of hydrogen-bond donors (Lipinski definition) is 1. The minimum Gasteiger partial charge on any atom is -0.348 e. The highest BCUT2D eigenvalue weighted by Crippen LogP contribution is 2.26. The zero-order valence-corrected chi connectivity index (χ0v) is 18.5. The lowest BCUT2D eigenvalue weighted by Gasteiger charge is -2.26. The third-order valence-electron chi connectivity index (χ3n) is 4.66. The highest BCUT2D eigenvalue weighted by molar-refractivity contribution is 7.92. The number of sulfonamides is 1. The molecule has 152 valence electrons. The van der Waals surface area contributed by atoms with Crippen molar-refractivity contribution < 1.29 is 13.2 Å². The number of hydrogen-bond acceptors (Lipinski definition) is 3. The molecule has 0 aromatic heterocycles. The van der Waals surface area contributed by atoms with Crippen LogP contribution in [0.3, 0.4) is 0 Å². The fourth-order valence-corrected chi connectivity index (χ4v) is 4.41. The zero-order chi connectivity index (χ0) is 21.1. The Bertz CT molecular complexity index is 974. The Kier molecular flexibility index (Phi) is 7.12. The molecule has 0 saturated carbocycles. The van der Waals surface area contributed by atoms with Gasteiger partial charge in [0.05, 0.1) is 18.0 Å². The van der Waals surface area contributed by atoms with Gasteiger partial charge in [0, 0.05) is 5.02 Å². The number of carbonyl (C=O) groups is 1. The number of carbonyl (C=O) groups excluding carboxylic acids is 1. The molecule has 0 radical (unpaired) electrons. The summed E-state index contributed by atoms with van der Waals surface area (Å²) in [6.07, 6.45) is 1.80. The minimum atomic E-state index is -3.64. The van der Waals surface area contributed by atoms with Gasteiger partial charge in [-0.15, -0.1) is 0 Å². The van der Waals surface area contributed by atoms with E-state index in [0.717, 1.165) is 27.3 Å². The van der Waals surface area contributed by atoms with Crippen molar-refractivity contribution >= 4 is 33.2 Å². The molecule has 0 heterocycles. The van der Waals surface area contributed by atoms with E-state index in [1.807, 2.05) is 32.9 Å². The van der Waals surface area contributed by atoms with Gasteiger partial charge < -0.3 is 5.32 Å².